The largest absolute Gasteiger partial charge is 0.298 e. The lowest BCUT2D eigenvalue weighted by molar-refractivity contribution is 0.377. The van der Waals surface area contributed by atoms with Gasteiger partial charge in [0, 0.05) is 4.47 Å². The Hall–Kier alpha value is -0.100. The first-order valence-corrected chi connectivity index (χ1v) is 6.01. The van der Waals surface area contributed by atoms with Gasteiger partial charge < -0.3 is 0 Å². The molecule has 1 rings (SSSR count). The topological polar surface area (TPSA) is 43.4 Å². The lowest BCUT2D eigenvalue weighted by Gasteiger charge is -2.01. The Bertz CT molecular complexity index is 373. The molecule has 0 aliphatic heterocycles. The predicted molar refractivity (Wildman–Crippen MR) is 53.1 cm³/mol. The van der Waals surface area contributed by atoms with E-state index >= 15 is 0 Å². The van der Waals surface area contributed by atoms with Gasteiger partial charge in [-0.15, -0.1) is 0 Å². The minimum atomic E-state index is -3.68. The fourth-order valence-corrected chi connectivity index (χ4v) is 2.07. The van der Waals surface area contributed by atoms with Crippen molar-refractivity contribution >= 4 is 37.6 Å². The minimum absolute atomic E-state index is 0.0938. The second kappa shape index (κ2) is 4.41. The highest BCUT2D eigenvalue weighted by Crippen LogP contribution is 2.16. The van der Waals surface area contributed by atoms with Crippen LogP contribution in [0.5, 0.6) is 0 Å². The maximum absolute atomic E-state index is 11.2. The Morgan fingerprint density at radius 2 is 1.85 bits per heavy atom. The monoisotopic (exact) mass is 284 g/mol. The van der Waals surface area contributed by atoms with Gasteiger partial charge in [0.1, 0.15) is 6.07 Å². The van der Waals surface area contributed by atoms with Crippen LogP contribution in [0.1, 0.15) is 0 Å². The van der Waals surface area contributed by atoms with E-state index in [-0.39, 0.29) is 11.0 Å². The maximum atomic E-state index is 11.2. The molecule has 13 heavy (non-hydrogen) atoms. The van der Waals surface area contributed by atoms with Crippen LogP contribution >= 0.6 is 27.5 Å². The standard InChI is InChI=1S/C7H6BrClO3S/c8-6-1-3-7(4-2-6)13(10,11)12-5-9/h1-4H,5H2. The van der Waals surface area contributed by atoms with Gasteiger partial charge in [-0.2, -0.15) is 8.42 Å². The van der Waals surface area contributed by atoms with Gasteiger partial charge in [0.25, 0.3) is 10.1 Å². The highest BCUT2D eigenvalue weighted by Gasteiger charge is 2.13. The Morgan fingerprint density at radius 3 is 2.31 bits per heavy atom. The van der Waals surface area contributed by atoms with Crippen molar-refractivity contribution in [3.8, 4) is 0 Å². The zero-order valence-corrected chi connectivity index (χ0v) is 9.56. The summed E-state index contributed by atoms with van der Waals surface area (Å²) in [5, 5.41) is 0. The molecule has 6 heteroatoms. The summed E-state index contributed by atoms with van der Waals surface area (Å²) in [4.78, 5) is 0.0938. The smallest absolute Gasteiger partial charge is 0.250 e. The molecule has 0 unspecified atom stereocenters. The van der Waals surface area contributed by atoms with Crippen molar-refractivity contribution in [1.82, 2.24) is 0 Å². The van der Waals surface area contributed by atoms with Crippen molar-refractivity contribution in [2.45, 2.75) is 4.90 Å². The summed E-state index contributed by atoms with van der Waals surface area (Å²) in [7, 11) is -3.68. The molecule has 0 aromatic heterocycles. The van der Waals surface area contributed by atoms with Gasteiger partial charge in [-0.1, -0.05) is 27.5 Å². The van der Waals surface area contributed by atoms with Crippen LogP contribution in [0.4, 0.5) is 0 Å². The van der Waals surface area contributed by atoms with Gasteiger partial charge in [0.05, 0.1) is 4.90 Å². The predicted octanol–water partition coefficient (Wildman–Crippen LogP) is 2.35. The summed E-state index contributed by atoms with van der Waals surface area (Å²) in [5.74, 6) is 0. The van der Waals surface area contributed by atoms with Crippen LogP contribution in [-0.4, -0.2) is 14.5 Å². The fourth-order valence-electron chi connectivity index (χ4n) is 0.728. The summed E-state index contributed by atoms with van der Waals surface area (Å²) < 4.78 is 27.6. The zero-order valence-electron chi connectivity index (χ0n) is 6.41. The number of rotatable bonds is 3. The average Bonchev–Trinajstić information content (AvgIpc) is 2.05. The Morgan fingerprint density at radius 1 is 1.31 bits per heavy atom. The van der Waals surface area contributed by atoms with Gasteiger partial charge in [0.2, 0.25) is 0 Å². The van der Waals surface area contributed by atoms with Crippen molar-refractivity contribution in [1.29, 1.82) is 0 Å². The highest BCUT2D eigenvalue weighted by atomic mass is 79.9. The third-order valence-corrected chi connectivity index (χ3v) is 3.35. The van der Waals surface area contributed by atoms with Crippen LogP contribution in [0, 0.1) is 0 Å². The maximum Gasteiger partial charge on any atom is 0.298 e. The van der Waals surface area contributed by atoms with Crippen molar-refractivity contribution in [2.75, 3.05) is 6.07 Å². The van der Waals surface area contributed by atoms with Crippen LogP contribution in [0.15, 0.2) is 33.6 Å². The van der Waals surface area contributed by atoms with Crippen molar-refractivity contribution in [3.05, 3.63) is 28.7 Å². The number of hydrogen-bond acceptors (Lipinski definition) is 3. The third-order valence-electron chi connectivity index (χ3n) is 1.30. The van der Waals surface area contributed by atoms with Gasteiger partial charge in [-0.25, -0.2) is 0 Å². The molecule has 0 aliphatic rings. The molecule has 3 nitrogen and oxygen atoms in total. The minimum Gasteiger partial charge on any atom is -0.250 e. The molecule has 0 N–H and O–H groups in total. The lowest BCUT2D eigenvalue weighted by atomic mass is 10.4. The molecule has 0 fully saturated rings. The molecule has 0 atom stereocenters. The Kier molecular flexibility index (Phi) is 3.73. The first kappa shape index (κ1) is 11.0. The van der Waals surface area contributed by atoms with Crippen LogP contribution < -0.4 is 0 Å². The Labute approximate surface area is 89.9 Å². The molecule has 0 aliphatic carbocycles. The molecular weight excluding hydrogens is 279 g/mol. The summed E-state index contributed by atoms with van der Waals surface area (Å²) in [6.45, 7) is 0. The highest BCUT2D eigenvalue weighted by molar-refractivity contribution is 9.10. The second-order valence-electron chi connectivity index (χ2n) is 2.14. The van der Waals surface area contributed by atoms with Gasteiger partial charge >= 0.3 is 0 Å². The first-order chi connectivity index (χ1) is 6.06. The van der Waals surface area contributed by atoms with E-state index in [9.17, 15) is 8.42 Å². The second-order valence-corrected chi connectivity index (χ2v) is 4.88. The number of halogens is 2. The molecule has 0 bridgehead atoms. The van der Waals surface area contributed by atoms with Crippen LogP contribution in [0.25, 0.3) is 0 Å². The van der Waals surface area contributed by atoms with E-state index in [0.29, 0.717) is 0 Å². The molecule has 0 spiro atoms. The molecule has 1 aromatic rings. The summed E-state index contributed by atoms with van der Waals surface area (Å²) in [6, 6.07) is 5.73. The number of benzene rings is 1. The van der Waals surface area contributed by atoms with E-state index in [2.05, 4.69) is 20.1 Å². The van der Waals surface area contributed by atoms with Crippen molar-refractivity contribution in [2.24, 2.45) is 0 Å². The SMILES string of the molecule is O=S(=O)(OCCl)c1ccc(Br)cc1. The quantitative estimate of drug-likeness (QED) is 0.632. The number of hydrogen-bond donors (Lipinski definition) is 0. The molecule has 0 saturated carbocycles. The molecule has 72 valence electrons. The normalized spacial score (nSPS) is 11.5. The molecule has 0 amide bonds. The van der Waals surface area contributed by atoms with E-state index in [4.69, 9.17) is 11.6 Å². The van der Waals surface area contributed by atoms with Crippen LogP contribution in [-0.2, 0) is 14.3 Å². The Balaban J connectivity index is 3.02. The molecule has 1 aromatic carbocycles. The summed E-state index contributed by atoms with van der Waals surface area (Å²) in [6.07, 6.45) is 0. The first-order valence-electron chi connectivity index (χ1n) is 3.27. The molecule has 0 radical (unpaired) electrons. The molecular formula is C7H6BrClO3S. The van der Waals surface area contributed by atoms with E-state index < -0.39 is 10.1 Å². The number of alkyl halides is 1. The van der Waals surface area contributed by atoms with E-state index in [1.807, 2.05) is 0 Å². The summed E-state index contributed by atoms with van der Waals surface area (Å²) in [5.41, 5.74) is 0. The van der Waals surface area contributed by atoms with E-state index in [1.165, 1.54) is 12.1 Å². The lowest BCUT2D eigenvalue weighted by Crippen LogP contribution is -2.04. The average molecular weight is 286 g/mol. The van der Waals surface area contributed by atoms with E-state index in [0.717, 1.165) is 4.47 Å². The van der Waals surface area contributed by atoms with Crippen molar-refractivity contribution in [3.63, 3.8) is 0 Å². The van der Waals surface area contributed by atoms with Gasteiger partial charge in [-0.3, -0.25) is 4.18 Å². The third kappa shape index (κ3) is 2.95. The van der Waals surface area contributed by atoms with Gasteiger partial charge in [0.15, 0.2) is 0 Å². The fraction of sp³-hybridized carbons (Fsp3) is 0.143. The van der Waals surface area contributed by atoms with Crippen molar-refractivity contribution < 1.29 is 12.6 Å². The molecule has 0 heterocycles. The van der Waals surface area contributed by atoms with Crippen LogP contribution in [0.2, 0.25) is 0 Å². The molecule has 0 saturated heterocycles. The summed E-state index contributed by atoms with van der Waals surface area (Å²) >= 11 is 8.35. The van der Waals surface area contributed by atoms with E-state index in [1.54, 1.807) is 12.1 Å². The van der Waals surface area contributed by atoms with Crippen LogP contribution in [0.3, 0.4) is 0 Å². The van der Waals surface area contributed by atoms with Gasteiger partial charge in [-0.05, 0) is 24.3 Å². The zero-order chi connectivity index (χ0) is 9.90.